The van der Waals surface area contributed by atoms with Crippen LogP contribution in [-0.4, -0.2) is 13.0 Å². The lowest BCUT2D eigenvalue weighted by molar-refractivity contribution is 0.0955. The van der Waals surface area contributed by atoms with Crippen LogP contribution in [0.1, 0.15) is 15.2 Å². The minimum Gasteiger partial charge on any atom is -0.497 e. The van der Waals surface area contributed by atoms with Crippen molar-refractivity contribution in [2.45, 2.75) is 6.54 Å². The van der Waals surface area contributed by atoms with Crippen LogP contribution in [0.3, 0.4) is 0 Å². The fraction of sp³-hybridized carbons (Fsp3) is 0.105. The Kier molecular flexibility index (Phi) is 4.91. The van der Waals surface area contributed by atoms with Crippen molar-refractivity contribution in [3.8, 4) is 16.2 Å². The van der Waals surface area contributed by atoms with Crippen molar-refractivity contribution in [2.24, 2.45) is 0 Å². The molecule has 5 heteroatoms. The Morgan fingerprint density at radius 1 is 1.12 bits per heavy atom. The van der Waals surface area contributed by atoms with Crippen molar-refractivity contribution >= 4 is 17.2 Å². The number of nitrogens with one attached hydrogen (secondary N) is 1. The average Bonchev–Trinajstić information content (AvgIpc) is 3.10. The molecular weight excluding hydrogens is 325 g/mol. The van der Waals surface area contributed by atoms with Gasteiger partial charge in [-0.3, -0.25) is 4.79 Å². The summed E-state index contributed by atoms with van der Waals surface area (Å²) in [4.78, 5) is 13.6. The van der Waals surface area contributed by atoms with E-state index < -0.39 is 0 Å². The average molecular weight is 341 g/mol. The molecule has 2 aromatic carbocycles. The van der Waals surface area contributed by atoms with E-state index in [1.165, 1.54) is 17.4 Å². The number of methoxy groups -OCH3 is 1. The predicted octanol–water partition coefficient (Wildman–Crippen LogP) is 4.49. The monoisotopic (exact) mass is 341 g/mol. The maximum Gasteiger partial charge on any atom is 0.261 e. The van der Waals surface area contributed by atoms with Crippen LogP contribution >= 0.6 is 11.3 Å². The van der Waals surface area contributed by atoms with Crippen LogP contribution in [0.25, 0.3) is 10.4 Å². The lowest BCUT2D eigenvalue weighted by atomic mass is 10.2. The number of ether oxygens (including phenoxy) is 1. The minimum absolute atomic E-state index is 0.176. The van der Waals surface area contributed by atoms with E-state index in [0.29, 0.717) is 17.0 Å². The van der Waals surface area contributed by atoms with E-state index in [0.717, 1.165) is 16.2 Å². The molecule has 24 heavy (non-hydrogen) atoms. The van der Waals surface area contributed by atoms with Gasteiger partial charge in [0.05, 0.1) is 12.0 Å². The molecule has 1 aromatic heterocycles. The van der Waals surface area contributed by atoms with E-state index in [1.54, 1.807) is 37.4 Å². The van der Waals surface area contributed by atoms with Gasteiger partial charge in [0, 0.05) is 17.0 Å². The molecule has 0 fully saturated rings. The molecule has 1 N–H and O–H groups in total. The molecule has 3 nitrogen and oxygen atoms in total. The van der Waals surface area contributed by atoms with E-state index in [2.05, 4.69) is 5.32 Å². The Morgan fingerprint density at radius 3 is 2.75 bits per heavy atom. The SMILES string of the molecule is COc1cccc(CNC(=O)c2ccc(-c3ccccc3F)s2)c1. The van der Waals surface area contributed by atoms with Gasteiger partial charge in [-0.15, -0.1) is 11.3 Å². The zero-order chi connectivity index (χ0) is 16.9. The molecule has 0 radical (unpaired) electrons. The second kappa shape index (κ2) is 7.27. The van der Waals surface area contributed by atoms with Gasteiger partial charge in [0.1, 0.15) is 11.6 Å². The number of carbonyl (C=O) groups excluding carboxylic acids is 1. The Morgan fingerprint density at radius 2 is 1.96 bits per heavy atom. The van der Waals surface area contributed by atoms with Crippen LogP contribution in [0.15, 0.2) is 60.7 Å². The summed E-state index contributed by atoms with van der Waals surface area (Å²) in [5.41, 5.74) is 1.46. The quantitative estimate of drug-likeness (QED) is 0.742. The van der Waals surface area contributed by atoms with Crippen LogP contribution in [0.5, 0.6) is 5.75 Å². The highest BCUT2D eigenvalue weighted by Gasteiger charge is 2.12. The summed E-state index contributed by atoms with van der Waals surface area (Å²) in [6, 6.07) is 17.6. The maximum atomic E-state index is 13.8. The van der Waals surface area contributed by atoms with Gasteiger partial charge in [0.25, 0.3) is 5.91 Å². The van der Waals surface area contributed by atoms with Crippen molar-refractivity contribution in [3.63, 3.8) is 0 Å². The zero-order valence-electron chi connectivity index (χ0n) is 13.1. The number of halogens is 1. The van der Waals surface area contributed by atoms with E-state index in [9.17, 15) is 9.18 Å². The highest BCUT2D eigenvalue weighted by Crippen LogP contribution is 2.30. The molecule has 0 aliphatic rings. The molecule has 1 amide bonds. The van der Waals surface area contributed by atoms with E-state index in [1.807, 2.05) is 24.3 Å². The topological polar surface area (TPSA) is 38.3 Å². The molecule has 0 unspecified atom stereocenters. The van der Waals surface area contributed by atoms with Gasteiger partial charge in [-0.05, 0) is 35.9 Å². The Labute approximate surface area is 143 Å². The Hall–Kier alpha value is -2.66. The maximum absolute atomic E-state index is 13.8. The summed E-state index contributed by atoms with van der Waals surface area (Å²) in [5.74, 6) is 0.285. The number of benzene rings is 2. The number of amides is 1. The third kappa shape index (κ3) is 3.63. The predicted molar refractivity (Wildman–Crippen MR) is 93.9 cm³/mol. The fourth-order valence-corrected chi connectivity index (χ4v) is 3.27. The number of hydrogen-bond acceptors (Lipinski definition) is 3. The second-order valence-corrected chi connectivity index (χ2v) is 6.26. The van der Waals surface area contributed by atoms with Crippen LogP contribution < -0.4 is 10.1 Å². The molecule has 0 spiro atoms. The first kappa shape index (κ1) is 16.2. The Balaban J connectivity index is 1.69. The fourth-order valence-electron chi connectivity index (χ4n) is 2.32. The highest BCUT2D eigenvalue weighted by atomic mass is 32.1. The molecule has 0 saturated heterocycles. The molecule has 3 aromatic rings. The third-order valence-corrected chi connectivity index (χ3v) is 4.67. The molecule has 0 aliphatic heterocycles. The molecule has 0 atom stereocenters. The minimum atomic E-state index is -0.289. The molecule has 3 rings (SSSR count). The van der Waals surface area contributed by atoms with E-state index in [4.69, 9.17) is 4.74 Å². The van der Waals surface area contributed by atoms with Crippen molar-refractivity contribution in [2.75, 3.05) is 7.11 Å². The first-order chi connectivity index (χ1) is 11.7. The molecular formula is C19H16FNO2S. The first-order valence-electron chi connectivity index (χ1n) is 7.43. The lowest BCUT2D eigenvalue weighted by Gasteiger charge is -2.06. The van der Waals surface area contributed by atoms with Crippen molar-refractivity contribution < 1.29 is 13.9 Å². The summed E-state index contributed by atoms with van der Waals surface area (Å²) in [6.07, 6.45) is 0. The molecule has 0 saturated carbocycles. The summed E-state index contributed by atoms with van der Waals surface area (Å²) in [7, 11) is 1.60. The molecule has 0 aliphatic carbocycles. The van der Waals surface area contributed by atoms with Gasteiger partial charge in [-0.2, -0.15) is 0 Å². The largest absolute Gasteiger partial charge is 0.497 e. The zero-order valence-corrected chi connectivity index (χ0v) is 13.9. The first-order valence-corrected chi connectivity index (χ1v) is 8.25. The number of hydrogen-bond donors (Lipinski definition) is 1. The van der Waals surface area contributed by atoms with E-state index >= 15 is 0 Å². The summed E-state index contributed by atoms with van der Waals surface area (Å²) in [5, 5.41) is 2.87. The molecule has 122 valence electrons. The van der Waals surface area contributed by atoms with Gasteiger partial charge in [-0.25, -0.2) is 4.39 Å². The van der Waals surface area contributed by atoms with Gasteiger partial charge in [0.2, 0.25) is 0 Å². The number of rotatable bonds is 5. The lowest BCUT2D eigenvalue weighted by Crippen LogP contribution is -2.21. The highest BCUT2D eigenvalue weighted by molar-refractivity contribution is 7.17. The van der Waals surface area contributed by atoms with Crippen molar-refractivity contribution in [1.82, 2.24) is 5.32 Å². The molecule has 0 bridgehead atoms. The third-order valence-electron chi connectivity index (χ3n) is 3.56. The van der Waals surface area contributed by atoms with Gasteiger partial charge >= 0.3 is 0 Å². The number of carbonyl (C=O) groups is 1. The van der Waals surface area contributed by atoms with Gasteiger partial charge < -0.3 is 10.1 Å². The van der Waals surface area contributed by atoms with Crippen molar-refractivity contribution in [3.05, 3.63) is 76.9 Å². The summed E-state index contributed by atoms with van der Waals surface area (Å²) in [6.45, 7) is 0.406. The summed E-state index contributed by atoms with van der Waals surface area (Å²) < 4.78 is 19.0. The second-order valence-electron chi connectivity index (χ2n) is 5.18. The molecule has 1 heterocycles. The van der Waals surface area contributed by atoms with Crippen LogP contribution in [0.4, 0.5) is 4.39 Å². The van der Waals surface area contributed by atoms with Gasteiger partial charge in [-0.1, -0.05) is 30.3 Å². The van der Waals surface area contributed by atoms with Gasteiger partial charge in [0.15, 0.2) is 0 Å². The summed E-state index contributed by atoms with van der Waals surface area (Å²) >= 11 is 1.27. The van der Waals surface area contributed by atoms with Crippen molar-refractivity contribution in [1.29, 1.82) is 0 Å². The smallest absolute Gasteiger partial charge is 0.261 e. The standard InChI is InChI=1S/C19H16FNO2S/c1-23-14-6-4-5-13(11-14)12-21-19(22)18-10-9-17(24-18)15-7-2-3-8-16(15)20/h2-11H,12H2,1H3,(H,21,22). The Bertz CT molecular complexity index is 860. The van der Waals surface area contributed by atoms with Crippen LogP contribution in [-0.2, 0) is 6.54 Å². The van der Waals surface area contributed by atoms with Crippen LogP contribution in [0, 0.1) is 5.82 Å². The van der Waals surface area contributed by atoms with E-state index in [-0.39, 0.29) is 11.7 Å². The normalized spacial score (nSPS) is 10.4. The van der Waals surface area contributed by atoms with Crippen LogP contribution in [0.2, 0.25) is 0 Å². The number of thiophene rings is 1.